The van der Waals surface area contributed by atoms with Gasteiger partial charge in [-0.3, -0.25) is 10.1 Å². The van der Waals surface area contributed by atoms with Gasteiger partial charge in [0.25, 0.3) is 5.69 Å². The zero-order valence-corrected chi connectivity index (χ0v) is 16.8. The van der Waals surface area contributed by atoms with Gasteiger partial charge in [-0.25, -0.2) is 4.98 Å². The molecular weight excluding hydrogens is 396 g/mol. The Hall–Kier alpha value is -3.89. The summed E-state index contributed by atoms with van der Waals surface area (Å²) in [6.45, 7) is 1.99. The van der Waals surface area contributed by atoms with Crippen LogP contribution in [0.4, 0.5) is 5.69 Å². The molecule has 1 aromatic heterocycles. The lowest BCUT2D eigenvalue weighted by molar-refractivity contribution is -0.387. The number of para-hydroxylation sites is 2. The summed E-state index contributed by atoms with van der Waals surface area (Å²) in [5, 5.41) is 21.2. The number of nitriles is 1. The van der Waals surface area contributed by atoms with E-state index in [0.29, 0.717) is 21.9 Å². The molecule has 0 bridgehead atoms. The monoisotopic (exact) mass is 412 g/mol. The lowest BCUT2D eigenvalue weighted by atomic mass is 10.1. The van der Waals surface area contributed by atoms with Crippen molar-refractivity contribution in [1.29, 1.82) is 5.26 Å². The molecule has 4 aromatic rings. The summed E-state index contributed by atoms with van der Waals surface area (Å²) >= 11 is 1.34. The van der Waals surface area contributed by atoms with Crippen LogP contribution in [0.1, 0.15) is 17.0 Å². The predicted molar refractivity (Wildman–Crippen MR) is 118 cm³/mol. The average Bonchev–Trinajstić information content (AvgIpc) is 3.18. The maximum absolute atomic E-state index is 11.6. The second kappa shape index (κ2) is 8.23. The fourth-order valence-corrected chi connectivity index (χ4v) is 3.89. The number of benzene rings is 3. The number of allylic oxidation sites excluding steroid dienone is 1. The van der Waals surface area contributed by atoms with E-state index in [4.69, 9.17) is 0 Å². The van der Waals surface area contributed by atoms with E-state index in [-0.39, 0.29) is 5.69 Å². The van der Waals surface area contributed by atoms with E-state index in [1.54, 1.807) is 18.2 Å². The molecule has 0 radical (unpaired) electrons. The van der Waals surface area contributed by atoms with Crippen LogP contribution in [-0.4, -0.2) is 14.9 Å². The second-order valence-corrected chi connectivity index (χ2v) is 7.79. The van der Waals surface area contributed by atoms with E-state index < -0.39 is 4.92 Å². The molecule has 30 heavy (non-hydrogen) atoms. The van der Waals surface area contributed by atoms with Gasteiger partial charge < -0.3 is 4.98 Å². The molecule has 6 nitrogen and oxygen atoms in total. The van der Waals surface area contributed by atoms with Gasteiger partial charge in [0.1, 0.15) is 11.9 Å². The molecule has 3 aromatic carbocycles. The number of nitro groups is 1. The van der Waals surface area contributed by atoms with Crippen LogP contribution >= 0.6 is 11.8 Å². The van der Waals surface area contributed by atoms with Crippen molar-refractivity contribution >= 4 is 40.1 Å². The Morgan fingerprint density at radius 2 is 1.93 bits per heavy atom. The van der Waals surface area contributed by atoms with E-state index in [1.165, 1.54) is 17.8 Å². The van der Waals surface area contributed by atoms with Gasteiger partial charge in [0, 0.05) is 11.0 Å². The molecule has 0 atom stereocenters. The van der Waals surface area contributed by atoms with Crippen LogP contribution < -0.4 is 0 Å². The molecule has 0 aliphatic rings. The Balaban J connectivity index is 1.69. The van der Waals surface area contributed by atoms with Crippen molar-refractivity contribution in [3.63, 3.8) is 0 Å². The Morgan fingerprint density at radius 1 is 1.17 bits per heavy atom. The van der Waals surface area contributed by atoms with Crippen LogP contribution in [0.5, 0.6) is 0 Å². The fourth-order valence-electron chi connectivity index (χ4n) is 2.99. The number of nitro benzene ring substituents is 1. The molecule has 0 saturated carbocycles. The number of imidazole rings is 1. The fraction of sp³-hybridized carbons (Fsp3) is 0.0435. The van der Waals surface area contributed by atoms with Crippen molar-refractivity contribution in [1.82, 2.24) is 9.97 Å². The van der Waals surface area contributed by atoms with E-state index in [1.807, 2.05) is 55.5 Å². The van der Waals surface area contributed by atoms with Gasteiger partial charge in [-0.05, 0) is 48.9 Å². The lowest BCUT2D eigenvalue weighted by Gasteiger charge is -2.05. The van der Waals surface area contributed by atoms with Gasteiger partial charge >= 0.3 is 0 Å². The summed E-state index contributed by atoms with van der Waals surface area (Å²) in [5.41, 5.74) is 3.57. The molecule has 1 heterocycles. The van der Waals surface area contributed by atoms with Gasteiger partial charge in [-0.15, -0.1) is 0 Å². The third kappa shape index (κ3) is 4.09. The summed E-state index contributed by atoms with van der Waals surface area (Å²) in [4.78, 5) is 20.3. The van der Waals surface area contributed by atoms with Crippen molar-refractivity contribution in [2.24, 2.45) is 0 Å². The first-order valence-electron chi connectivity index (χ1n) is 9.13. The van der Waals surface area contributed by atoms with E-state index in [0.717, 1.165) is 21.5 Å². The van der Waals surface area contributed by atoms with Gasteiger partial charge in [0.2, 0.25) is 0 Å². The minimum atomic E-state index is -0.402. The minimum Gasteiger partial charge on any atom is -0.337 e. The van der Waals surface area contributed by atoms with Crippen molar-refractivity contribution in [3.8, 4) is 6.07 Å². The number of nitrogens with one attached hydrogen (secondary N) is 1. The first-order valence-corrected chi connectivity index (χ1v) is 9.95. The summed E-state index contributed by atoms with van der Waals surface area (Å²) in [7, 11) is 0. The molecule has 0 aliphatic heterocycles. The van der Waals surface area contributed by atoms with Crippen LogP contribution in [0.3, 0.4) is 0 Å². The van der Waals surface area contributed by atoms with Crippen LogP contribution in [0, 0.1) is 28.4 Å². The van der Waals surface area contributed by atoms with Crippen molar-refractivity contribution < 1.29 is 4.92 Å². The number of rotatable bonds is 5. The van der Waals surface area contributed by atoms with Gasteiger partial charge in [-0.2, -0.15) is 5.26 Å². The molecule has 1 N–H and O–H groups in total. The molecule has 0 fully saturated rings. The summed E-state index contributed by atoms with van der Waals surface area (Å²) < 4.78 is 0. The molecule has 0 spiro atoms. The van der Waals surface area contributed by atoms with Gasteiger partial charge in [0.05, 0.1) is 26.4 Å². The molecule has 0 saturated heterocycles. The molecule has 0 aliphatic carbocycles. The standard InChI is InChI=1S/C23H16N4O2S/c1-15-6-9-18(10-7-15)30-22-11-8-16(13-21(22)27(28)29)12-17(14-24)23-25-19-4-2-3-5-20(19)26-23/h2-13H,1H3,(H,25,26)/b17-12+. The van der Waals surface area contributed by atoms with Crippen LogP contribution in [-0.2, 0) is 0 Å². The van der Waals surface area contributed by atoms with Crippen LogP contribution in [0.2, 0.25) is 0 Å². The number of nitrogens with zero attached hydrogens (tertiary/aromatic N) is 3. The summed E-state index contributed by atoms with van der Waals surface area (Å²) in [6, 6.07) is 22.4. The Morgan fingerprint density at radius 3 is 2.63 bits per heavy atom. The van der Waals surface area contributed by atoms with Crippen LogP contribution in [0.25, 0.3) is 22.7 Å². The quantitative estimate of drug-likeness (QED) is 0.247. The molecule has 146 valence electrons. The third-order valence-electron chi connectivity index (χ3n) is 4.50. The summed E-state index contributed by atoms with van der Waals surface area (Å²) in [5.74, 6) is 0.430. The first kappa shape index (κ1) is 19.4. The Labute approximate surface area is 177 Å². The smallest absolute Gasteiger partial charge is 0.283 e. The minimum absolute atomic E-state index is 0.00350. The number of fused-ring (bicyclic) bond motifs is 1. The van der Waals surface area contributed by atoms with E-state index in [9.17, 15) is 15.4 Å². The number of aromatic amines is 1. The van der Waals surface area contributed by atoms with Gasteiger partial charge in [-0.1, -0.05) is 47.7 Å². The van der Waals surface area contributed by atoms with Crippen molar-refractivity contribution in [2.75, 3.05) is 0 Å². The predicted octanol–water partition coefficient (Wildman–Crippen LogP) is 5.99. The Bertz CT molecular complexity index is 1280. The largest absolute Gasteiger partial charge is 0.337 e. The maximum Gasteiger partial charge on any atom is 0.283 e. The van der Waals surface area contributed by atoms with Crippen molar-refractivity contribution in [2.45, 2.75) is 16.7 Å². The number of hydrogen-bond donors (Lipinski definition) is 1. The SMILES string of the molecule is Cc1ccc(Sc2ccc(/C=C(\C#N)c3nc4ccccc4[nH]3)cc2[N+](=O)[O-])cc1. The maximum atomic E-state index is 11.6. The highest BCUT2D eigenvalue weighted by Gasteiger charge is 2.16. The number of H-pyrrole nitrogens is 1. The number of aromatic nitrogens is 2. The third-order valence-corrected chi connectivity index (χ3v) is 5.58. The second-order valence-electron chi connectivity index (χ2n) is 6.67. The first-order chi connectivity index (χ1) is 14.5. The molecule has 7 heteroatoms. The highest BCUT2D eigenvalue weighted by molar-refractivity contribution is 7.99. The molecule has 0 unspecified atom stereocenters. The molecule has 0 amide bonds. The molecular formula is C23H16N4O2S. The average molecular weight is 412 g/mol. The number of hydrogen-bond acceptors (Lipinski definition) is 5. The van der Waals surface area contributed by atoms with Crippen LogP contribution in [0.15, 0.2) is 76.5 Å². The van der Waals surface area contributed by atoms with Gasteiger partial charge in [0.15, 0.2) is 0 Å². The molecule has 4 rings (SSSR count). The highest BCUT2D eigenvalue weighted by Crippen LogP contribution is 2.36. The highest BCUT2D eigenvalue weighted by atomic mass is 32.2. The van der Waals surface area contributed by atoms with E-state index >= 15 is 0 Å². The lowest BCUT2D eigenvalue weighted by Crippen LogP contribution is -1.92. The zero-order valence-electron chi connectivity index (χ0n) is 16.0. The van der Waals surface area contributed by atoms with E-state index in [2.05, 4.69) is 16.0 Å². The topological polar surface area (TPSA) is 95.6 Å². The number of aryl methyl sites for hydroxylation is 1. The zero-order chi connectivity index (χ0) is 21.1. The normalized spacial score (nSPS) is 11.4. The Kier molecular flexibility index (Phi) is 5.33. The van der Waals surface area contributed by atoms with Crippen molar-refractivity contribution in [3.05, 3.63) is 93.8 Å². The summed E-state index contributed by atoms with van der Waals surface area (Å²) in [6.07, 6.45) is 1.60.